The van der Waals surface area contributed by atoms with Crippen molar-refractivity contribution in [1.29, 1.82) is 0 Å². The molecule has 13 heteroatoms. The van der Waals surface area contributed by atoms with Crippen LogP contribution in [0, 0.1) is 11.8 Å². The molecule has 5 aliphatic rings. The molecule has 1 aromatic rings. The van der Waals surface area contributed by atoms with Crippen LogP contribution in [0.2, 0.25) is 0 Å². The van der Waals surface area contributed by atoms with E-state index in [-0.39, 0.29) is 45.9 Å². The molecule has 3 aliphatic carbocycles. The Hall–Kier alpha value is -3.09. The molecule has 0 radical (unpaired) electrons. The fourth-order valence-corrected chi connectivity index (χ4v) is 7.33. The molecule has 2 N–H and O–H groups in total. The summed E-state index contributed by atoms with van der Waals surface area (Å²) in [4.78, 5) is 6.59. The summed E-state index contributed by atoms with van der Waals surface area (Å²) in [6, 6.07) is 0. The number of aliphatic imine (C=N–C) groups is 1. The summed E-state index contributed by atoms with van der Waals surface area (Å²) in [5, 5.41) is 11.3. The molecule has 224 valence electrons. The van der Waals surface area contributed by atoms with Crippen LogP contribution in [0.1, 0.15) is 43.5 Å². The average Bonchev–Trinajstić information content (AvgIpc) is 3.42. The van der Waals surface area contributed by atoms with E-state index in [9.17, 15) is 17.7 Å². The lowest BCUT2D eigenvalue weighted by Gasteiger charge is -2.52. The summed E-state index contributed by atoms with van der Waals surface area (Å²) in [7, 11) is 3.00. The van der Waals surface area contributed by atoms with E-state index in [0.717, 1.165) is 25.7 Å². The highest BCUT2D eigenvalue weighted by Gasteiger charge is 2.62. The molecule has 2 aliphatic heterocycles. The Morgan fingerprint density at radius 2 is 2.05 bits per heavy atom. The minimum Gasteiger partial charge on any atom is -0.479 e. The van der Waals surface area contributed by atoms with Gasteiger partial charge in [0.2, 0.25) is 5.90 Å². The Kier molecular flexibility index (Phi) is 8.10. The maximum atomic E-state index is 13.7. The monoisotopic (exact) mass is 618 g/mol. The first-order chi connectivity index (χ1) is 19.7. The molecule has 1 aromatic heterocycles. The van der Waals surface area contributed by atoms with Crippen LogP contribution in [0.5, 0.6) is 0 Å². The predicted octanol–water partition coefficient (Wildman–Crippen LogP) is 5.43. The lowest BCUT2D eigenvalue weighted by Crippen LogP contribution is -2.61. The molecule has 2 bridgehead atoms. The Balaban J connectivity index is 1.39. The standard InChI is InChI=1S/C29H34F3N6O2PS/c1-37(2)28-16-15-27(18-28,19-28)35-23-13-7-6-12-22-25(42-29(30,31)32)20(36-38(22)23)11-9-17-33-21-10-8-14-24(41(4,5)39)34-26(21)40-3/h6,8,12-14,33,35H,7,15-19H2,1-5H3. The Morgan fingerprint density at radius 3 is 2.69 bits per heavy atom. The summed E-state index contributed by atoms with van der Waals surface area (Å²) in [6.45, 7) is 3.28. The number of fused-ring (bicyclic) bond motifs is 2. The minimum atomic E-state index is -4.51. The van der Waals surface area contributed by atoms with Gasteiger partial charge in [-0.2, -0.15) is 18.3 Å². The third-order valence-corrected chi connectivity index (χ3v) is 10.2. The number of allylic oxidation sites excluding steroid dienone is 3. The fraction of sp³-hybridized carbons (Fsp3) is 0.483. The van der Waals surface area contributed by atoms with Gasteiger partial charge in [0, 0.05) is 11.1 Å². The minimum absolute atomic E-state index is 0.0378. The van der Waals surface area contributed by atoms with Crippen molar-refractivity contribution in [3.63, 3.8) is 0 Å². The summed E-state index contributed by atoms with van der Waals surface area (Å²) in [6.07, 6.45) is 13.3. The summed E-state index contributed by atoms with van der Waals surface area (Å²) in [5.41, 5.74) is -0.255. The van der Waals surface area contributed by atoms with Crippen LogP contribution in [0.4, 0.5) is 13.2 Å². The largest absolute Gasteiger partial charge is 0.479 e. The van der Waals surface area contributed by atoms with Gasteiger partial charge in [-0.25, -0.2) is 9.67 Å². The Labute approximate surface area is 248 Å². The van der Waals surface area contributed by atoms with Gasteiger partial charge >= 0.3 is 5.51 Å². The number of thioether (sulfide) groups is 1. The molecule has 0 unspecified atom stereocenters. The number of alkyl halides is 3. The van der Waals surface area contributed by atoms with Crippen molar-refractivity contribution in [3.8, 4) is 11.8 Å². The van der Waals surface area contributed by atoms with E-state index in [1.165, 1.54) is 7.11 Å². The van der Waals surface area contributed by atoms with Crippen LogP contribution in [-0.4, -0.2) is 78.2 Å². The van der Waals surface area contributed by atoms with E-state index >= 15 is 0 Å². The van der Waals surface area contributed by atoms with Gasteiger partial charge in [0.05, 0.1) is 24.2 Å². The molecule has 3 fully saturated rings. The van der Waals surface area contributed by atoms with Crippen molar-refractivity contribution in [2.45, 2.75) is 53.6 Å². The van der Waals surface area contributed by atoms with Crippen LogP contribution in [0.3, 0.4) is 0 Å². The first kappa shape index (κ1) is 30.4. The smallest absolute Gasteiger partial charge is 0.446 e. The predicted molar refractivity (Wildman–Crippen MR) is 161 cm³/mol. The molecular formula is C29H34F3N6O2PS. The van der Waals surface area contributed by atoms with Gasteiger partial charge in [-0.3, -0.25) is 0 Å². The SMILES string of the molecule is COC1=NC(P(C)(C)=O)=CC=C=C1NCC#Cc1nn2c(c1SC(F)(F)F)C=CCC=C2NC12CCC(N(C)C)(C1)C2. The molecule has 42 heavy (non-hydrogen) atoms. The molecule has 3 heterocycles. The summed E-state index contributed by atoms with van der Waals surface area (Å²) >= 11 is -0.204. The zero-order valence-corrected chi connectivity index (χ0v) is 25.9. The summed E-state index contributed by atoms with van der Waals surface area (Å²) < 4.78 is 60.5. The third kappa shape index (κ3) is 6.16. The molecule has 0 aromatic carbocycles. The number of nitrogens with one attached hydrogen (secondary N) is 2. The fourth-order valence-electron chi connectivity index (χ4n) is 5.88. The highest BCUT2D eigenvalue weighted by atomic mass is 32.2. The zero-order chi connectivity index (χ0) is 30.3. The molecule has 0 saturated heterocycles. The van der Waals surface area contributed by atoms with Crippen molar-refractivity contribution >= 4 is 36.7 Å². The van der Waals surface area contributed by atoms with Gasteiger partial charge in [-0.05, 0) is 102 Å². The lowest BCUT2D eigenvalue weighted by molar-refractivity contribution is -0.0328. The van der Waals surface area contributed by atoms with Crippen molar-refractivity contribution in [1.82, 2.24) is 25.3 Å². The topological polar surface area (TPSA) is 83.8 Å². The maximum absolute atomic E-state index is 13.7. The maximum Gasteiger partial charge on any atom is 0.446 e. The Morgan fingerprint density at radius 1 is 1.29 bits per heavy atom. The molecule has 6 rings (SSSR count). The number of halogens is 3. The van der Waals surface area contributed by atoms with Crippen LogP contribution in [-0.2, 0) is 9.30 Å². The second-order valence-corrected chi connectivity index (χ2v) is 15.7. The van der Waals surface area contributed by atoms with E-state index in [1.54, 1.807) is 36.2 Å². The number of ether oxygens (including phenoxy) is 1. The van der Waals surface area contributed by atoms with E-state index in [4.69, 9.17) is 4.74 Å². The number of aromatic nitrogens is 2. The van der Waals surface area contributed by atoms with Crippen molar-refractivity contribution in [2.24, 2.45) is 4.99 Å². The zero-order valence-electron chi connectivity index (χ0n) is 24.2. The van der Waals surface area contributed by atoms with Gasteiger partial charge in [-0.1, -0.05) is 17.7 Å². The summed E-state index contributed by atoms with van der Waals surface area (Å²) in [5.74, 6) is 6.59. The first-order valence-electron chi connectivity index (χ1n) is 13.5. The van der Waals surface area contributed by atoms with Crippen molar-refractivity contribution in [2.75, 3.05) is 41.1 Å². The molecule has 0 amide bonds. The number of methoxy groups -OCH3 is 1. The number of nitrogens with zero attached hydrogens (tertiary/aromatic N) is 4. The van der Waals surface area contributed by atoms with E-state index in [1.807, 2.05) is 12.2 Å². The molecule has 3 saturated carbocycles. The van der Waals surface area contributed by atoms with E-state index < -0.39 is 12.7 Å². The number of hydrogen-bond acceptors (Lipinski definition) is 8. The normalized spacial score (nSPS) is 24.7. The van der Waals surface area contributed by atoms with E-state index in [2.05, 4.69) is 57.3 Å². The lowest BCUT2D eigenvalue weighted by atomic mass is 9.70. The van der Waals surface area contributed by atoms with Gasteiger partial charge in [-0.15, -0.1) is 0 Å². The highest BCUT2D eigenvalue weighted by Crippen LogP contribution is 2.58. The third-order valence-electron chi connectivity index (χ3n) is 7.99. The van der Waals surface area contributed by atoms with Gasteiger partial charge in [0.1, 0.15) is 29.8 Å². The second-order valence-electron chi connectivity index (χ2n) is 11.5. The number of hydrogen-bond donors (Lipinski definition) is 2. The van der Waals surface area contributed by atoms with Crippen molar-refractivity contribution in [3.05, 3.63) is 52.6 Å². The van der Waals surface area contributed by atoms with Crippen LogP contribution in [0.15, 0.2) is 51.1 Å². The average molecular weight is 619 g/mol. The molecule has 0 atom stereocenters. The van der Waals surface area contributed by atoms with E-state index in [0.29, 0.717) is 29.1 Å². The quantitative estimate of drug-likeness (QED) is 0.183. The highest BCUT2D eigenvalue weighted by molar-refractivity contribution is 8.00. The van der Waals surface area contributed by atoms with Crippen LogP contribution >= 0.6 is 18.9 Å². The van der Waals surface area contributed by atoms with Gasteiger partial charge in [0.15, 0.2) is 0 Å². The molecule has 8 nitrogen and oxygen atoms in total. The molecule has 0 spiro atoms. The molecular weight excluding hydrogens is 584 g/mol. The van der Waals surface area contributed by atoms with Crippen LogP contribution < -0.4 is 10.6 Å². The van der Waals surface area contributed by atoms with Gasteiger partial charge < -0.3 is 24.8 Å². The second kappa shape index (κ2) is 11.2. The first-order valence-corrected chi connectivity index (χ1v) is 17.0. The Bertz CT molecular complexity index is 1570. The van der Waals surface area contributed by atoms with Crippen molar-refractivity contribution < 1.29 is 22.5 Å². The number of rotatable bonds is 7. The van der Waals surface area contributed by atoms with Gasteiger partial charge in [0.25, 0.3) is 0 Å². The van der Waals surface area contributed by atoms with Crippen LogP contribution in [0.25, 0.3) is 11.9 Å².